The molecule has 2 heterocycles. The molecule has 2 aromatic rings. The van der Waals surface area contributed by atoms with Gasteiger partial charge >= 0.3 is 6.09 Å². The molecule has 4 rings (SSSR count). The van der Waals surface area contributed by atoms with Crippen molar-refractivity contribution < 1.29 is 14.3 Å². The van der Waals surface area contributed by atoms with Crippen LogP contribution < -0.4 is 9.64 Å². The molecule has 0 saturated carbocycles. The summed E-state index contributed by atoms with van der Waals surface area (Å²) in [5.41, 5.74) is 2.99. The number of piperazine rings is 1. The van der Waals surface area contributed by atoms with E-state index in [1.54, 1.807) is 4.90 Å². The van der Waals surface area contributed by atoms with Gasteiger partial charge in [0.15, 0.2) is 0 Å². The molecule has 200 valence electrons. The number of hydrogen-bond acceptors (Lipinski definition) is 6. The number of anilines is 1. The zero-order chi connectivity index (χ0) is 26.2. The predicted molar refractivity (Wildman–Crippen MR) is 151 cm³/mol. The number of nitrogens with zero attached hydrogens (tertiary/aromatic N) is 4. The lowest BCUT2D eigenvalue weighted by Gasteiger charge is -2.36. The van der Waals surface area contributed by atoms with E-state index in [1.807, 2.05) is 44.2 Å². The number of unbranched alkanes of at least 4 members (excludes halogenated alkanes) is 1. The summed E-state index contributed by atoms with van der Waals surface area (Å²) in [5.74, 6) is 1.27. The molecular formula is C28H36Cl2N4O3. The van der Waals surface area contributed by atoms with E-state index in [2.05, 4.69) is 20.9 Å². The summed E-state index contributed by atoms with van der Waals surface area (Å²) in [6.45, 7) is 10.7. The zero-order valence-electron chi connectivity index (χ0n) is 21.7. The van der Waals surface area contributed by atoms with Gasteiger partial charge in [-0.05, 0) is 63.4 Å². The maximum absolute atomic E-state index is 12.3. The van der Waals surface area contributed by atoms with E-state index < -0.39 is 0 Å². The average molecular weight is 548 g/mol. The molecule has 0 aliphatic carbocycles. The van der Waals surface area contributed by atoms with Crippen LogP contribution in [-0.2, 0) is 11.2 Å². The van der Waals surface area contributed by atoms with Gasteiger partial charge in [-0.2, -0.15) is 0 Å². The molecule has 0 aromatic heterocycles. The Hall–Kier alpha value is -2.48. The maximum atomic E-state index is 12.3. The second-order valence-electron chi connectivity index (χ2n) is 9.29. The normalized spacial score (nSPS) is 15.7. The van der Waals surface area contributed by atoms with Crippen LogP contribution in [-0.4, -0.2) is 74.2 Å². The molecule has 0 unspecified atom stereocenters. The fourth-order valence-electron chi connectivity index (χ4n) is 4.68. The first-order valence-corrected chi connectivity index (χ1v) is 14.0. The van der Waals surface area contributed by atoms with Gasteiger partial charge in [0, 0.05) is 51.8 Å². The Morgan fingerprint density at radius 1 is 1.03 bits per heavy atom. The Bertz CT molecular complexity index is 1100. The van der Waals surface area contributed by atoms with Crippen LogP contribution in [0.2, 0.25) is 10.0 Å². The third-order valence-electron chi connectivity index (χ3n) is 6.92. The van der Waals surface area contributed by atoms with Crippen molar-refractivity contribution in [2.45, 2.75) is 39.5 Å². The van der Waals surface area contributed by atoms with Crippen molar-refractivity contribution in [1.82, 2.24) is 9.80 Å². The Kier molecular flexibility index (Phi) is 9.95. The summed E-state index contributed by atoms with van der Waals surface area (Å²) in [6.07, 6.45) is 3.14. The summed E-state index contributed by atoms with van der Waals surface area (Å²) in [6, 6.07) is 11.8. The number of rotatable bonds is 9. The van der Waals surface area contributed by atoms with Crippen LogP contribution in [0.4, 0.5) is 16.2 Å². The molecule has 7 nitrogen and oxygen atoms in total. The number of fused-ring (bicyclic) bond motifs is 1. The van der Waals surface area contributed by atoms with Crippen molar-refractivity contribution in [3.05, 3.63) is 52.0 Å². The van der Waals surface area contributed by atoms with Gasteiger partial charge in [0.1, 0.15) is 5.75 Å². The molecular weight excluding hydrogens is 511 g/mol. The van der Waals surface area contributed by atoms with E-state index in [0.717, 1.165) is 74.7 Å². The number of amides is 1. The number of carbonyl (C=O) groups is 1. The molecule has 37 heavy (non-hydrogen) atoms. The highest BCUT2D eigenvalue weighted by Crippen LogP contribution is 2.33. The van der Waals surface area contributed by atoms with Crippen LogP contribution in [0.25, 0.3) is 0 Å². The minimum atomic E-state index is -0.339. The standard InChI is InChI=1S/C28H36Cl2N4O3/c1-3-33(4-2)28(35)37-26-13-11-21-10-12-22(20-24(21)31-26)36-19-6-5-14-32-15-17-34(18-16-32)25-9-7-8-23(29)27(25)30/h7-10,12,20H,3-6,11,13-19H2,1-2H3. The van der Waals surface area contributed by atoms with Crippen LogP contribution in [0.3, 0.4) is 0 Å². The smallest absolute Gasteiger partial charge is 0.416 e. The largest absolute Gasteiger partial charge is 0.494 e. The Morgan fingerprint density at radius 2 is 1.81 bits per heavy atom. The number of benzene rings is 2. The van der Waals surface area contributed by atoms with E-state index in [1.165, 1.54) is 0 Å². The number of aryl methyl sites for hydroxylation is 1. The summed E-state index contributed by atoms with van der Waals surface area (Å²) >= 11 is 12.6. The number of aliphatic imine (C=N–C) groups is 1. The first-order valence-electron chi connectivity index (χ1n) is 13.2. The predicted octanol–water partition coefficient (Wildman–Crippen LogP) is 6.43. The highest BCUT2D eigenvalue weighted by molar-refractivity contribution is 6.43. The van der Waals surface area contributed by atoms with Crippen LogP contribution in [0.15, 0.2) is 41.4 Å². The highest BCUT2D eigenvalue weighted by atomic mass is 35.5. The summed E-state index contributed by atoms with van der Waals surface area (Å²) in [7, 11) is 0. The molecule has 1 fully saturated rings. The van der Waals surface area contributed by atoms with E-state index in [9.17, 15) is 4.79 Å². The third kappa shape index (κ3) is 7.30. The lowest BCUT2D eigenvalue weighted by atomic mass is 10.0. The molecule has 2 aliphatic rings. The first kappa shape index (κ1) is 27.6. The van der Waals surface area contributed by atoms with Crippen LogP contribution in [0, 0.1) is 0 Å². The van der Waals surface area contributed by atoms with E-state index in [4.69, 9.17) is 32.7 Å². The average Bonchev–Trinajstić information content (AvgIpc) is 2.91. The van der Waals surface area contributed by atoms with Gasteiger partial charge in [0.05, 0.1) is 28.0 Å². The summed E-state index contributed by atoms with van der Waals surface area (Å²) in [4.78, 5) is 23.3. The molecule has 0 radical (unpaired) electrons. The van der Waals surface area contributed by atoms with Crippen molar-refractivity contribution in [1.29, 1.82) is 0 Å². The second-order valence-corrected chi connectivity index (χ2v) is 10.1. The number of carbonyl (C=O) groups excluding carboxylic acids is 1. The minimum Gasteiger partial charge on any atom is -0.494 e. The summed E-state index contributed by atoms with van der Waals surface area (Å²) in [5, 5.41) is 1.24. The van der Waals surface area contributed by atoms with Crippen LogP contribution in [0.1, 0.15) is 38.7 Å². The van der Waals surface area contributed by atoms with Gasteiger partial charge in [0.2, 0.25) is 5.90 Å². The van der Waals surface area contributed by atoms with E-state index >= 15 is 0 Å². The Balaban J connectivity index is 1.18. The molecule has 0 spiro atoms. The van der Waals surface area contributed by atoms with Gasteiger partial charge in [-0.3, -0.25) is 4.90 Å². The van der Waals surface area contributed by atoms with Crippen molar-refractivity contribution >= 4 is 46.6 Å². The Morgan fingerprint density at radius 3 is 2.57 bits per heavy atom. The van der Waals surface area contributed by atoms with Crippen molar-refractivity contribution in [2.24, 2.45) is 4.99 Å². The monoisotopic (exact) mass is 546 g/mol. The van der Waals surface area contributed by atoms with Crippen LogP contribution >= 0.6 is 23.2 Å². The fourth-order valence-corrected chi connectivity index (χ4v) is 5.09. The topological polar surface area (TPSA) is 57.6 Å². The van der Waals surface area contributed by atoms with Crippen molar-refractivity contribution in [3.63, 3.8) is 0 Å². The first-order chi connectivity index (χ1) is 18.0. The molecule has 1 saturated heterocycles. The zero-order valence-corrected chi connectivity index (χ0v) is 23.2. The SMILES string of the molecule is CCN(CC)C(=O)OC1=Nc2cc(OCCCCN3CCN(c4cccc(Cl)c4Cl)CC3)ccc2CC1. The van der Waals surface area contributed by atoms with Crippen LogP contribution in [0.5, 0.6) is 5.75 Å². The molecule has 0 bridgehead atoms. The lowest BCUT2D eigenvalue weighted by Crippen LogP contribution is -2.46. The number of ether oxygens (including phenoxy) is 2. The van der Waals surface area contributed by atoms with Crippen molar-refractivity contribution in [2.75, 3.05) is 57.3 Å². The quantitative estimate of drug-likeness (QED) is 0.339. The molecule has 0 N–H and O–H groups in total. The van der Waals surface area contributed by atoms with Crippen molar-refractivity contribution in [3.8, 4) is 5.75 Å². The van der Waals surface area contributed by atoms with Gasteiger partial charge in [-0.15, -0.1) is 0 Å². The minimum absolute atomic E-state index is 0.339. The molecule has 9 heteroatoms. The Labute approximate surface area is 229 Å². The number of halogens is 2. The number of hydrogen-bond donors (Lipinski definition) is 0. The van der Waals surface area contributed by atoms with Gasteiger partial charge in [-0.1, -0.05) is 35.3 Å². The second kappa shape index (κ2) is 13.4. The molecule has 2 aromatic carbocycles. The lowest BCUT2D eigenvalue weighted by molar-refractivity contribution is 0.152. The molecule has 1 amide bonds. The van der Waals surface area contributed by atoms with Gasteiger partial charge < -0.3 is 19.3 Å². The van der Waals surface area contributed by atoms with Gasteiger partial charge in [0.25, 0.3) is 0 Å². The van der Waals surface area contributed by atoms with Gasteiger partial charge in [-0.25, -0.2) is 9.79 Å². The van der Waals surface area contributed by atoms with E-state index in [-0.39, 0.29) is 6.09 Å². The fraction of sp³-hybridized carbons (Fsp3) is 0.500. The summed E-state index contributed by atoms with van der Waals surface area (Å²) < 4.78 is 11.5. The molecule has 0 atom stereocenters. The highest BCUT2D eigenvalue weighted by Gasteiger charge is 2.21. The van der Waals surface area contributed by atoms with E-state index in [0.29, 0.717) is 42.1 Å². The maximum Gasteiger partial charge on any atom is 0.416 e. The molecule has 2 aliphatic heterocycles. The third-order valence-corrected chi connectivity index (χ3v) is 7.73.